The van der Waals surface area contributed by atoms with E-state index >= 15 is 0 Å². The van der Waals surface area contributed by atoms with Gasteiger partial charge in [0.25, 0.3) is 0 Å². The fraction of sp³-hybridized carbons (Fsp3) is 0.308. The van der Waals surface area contributed by atoms with Crippen LogP contribution in [0.25, 0.3) is 6.08 Å². The lowest BCUT2D eigenvalue weighted by molar-refractivity contribution is -0.131. The quantitative estimate of drug-likeness (QED) is 0.721. The number of carbonyl (C=O) groups is 2. The van der Waals surface area contributed by atoms with E-state index in [1.54, 1.807) is 18.2 Å². The predicted octanol–water partition coefficient (Wildman–Crippen LogP) is 1.85. The van der Waals surface area contributed by atoms with Gasteiger partial charge in [0.05, 0.1) is 5.69 Å². The van der Waals surface area contributed by atoms with E-state index in [1.165, 1.54) is 6.08 Å². The summed E-state index contributed by atoms with van der Waals surface area (Å²) in [5.41, 5.74) is 0.476. The second-order valence-corrected chi connectivity index (χ2v) is 4.35. The lowest BCUT2D eigenvalue weighted by Gasteiger charge is -2.26. The highest BCUT2D eigenvalue weighted by atomic mass is 16.4. The van der Waals surface area contributed by atoms with E-state index in [1.807, 2.05) is 0 Å². The third-order valence-electron chi connectivity index (χ3n) is 2.85. The Hall–Kier alpha value is -2.37. The Labute approximate surface area is 110 Å². The monoisotopic (exact) mass is 261 g/mol. The van der Waals surface area contributed by atoms with Crippen molar-refractivity contribution in [3.05, 3.63) is 30.0 Å². The Morgan fingerprint density at radius 3 is 2.79 bits per heavy atom. The molecule has 0 radical (unpaired) electrons. The van der Waals surface area contributed by atoms with E-state index in [4.69, 9.17) is 5.11 Å². The summed E-state index contributed by atoms with van der Waals surface area (Å²) in [4.78, 5) is 26.1. The van der Waals surface area contributed by atoms with Gasteiger partial charge in [0.2, 0.25) is 0 Å². The number of pyridine rings is 1. The minimum absolute atomic E-state index is 0.259. The molecular formula is C13H15N3O3. The normalized spacial score (nSPS) is 14.9. The number of aliphatic carboxylic acids is 1. The number of aromatic nitrogens is 1. The summed E-state index contributed by atoms with van der Waals surface area (Å²) in [7, 11) is 0. The molecule has 0 aliphatic heterocycles. The molecular weight excluding hydrogens is 246 g/mol. The van der Waals surface area contributed by atoms with Crippen molar-refractivity contribution >= 4 is 23.9 Å². The van der Waals surface area contributed by atoms with Crippen molar-refractivity contribution < 1.29 is 14.7 Å². The van der Waals surface area contributed by atoms with Crippen LogP contribution in [0, 0.1) is 0 Å². The summed E-state index contributed by atoms with van der Waals surface area (Å²) in [6, 6.07) is 4.99. The molecule has 0 spiro atoms. The SMILES string of the molecule is O=C(O)/C=C/c1cccc(NC(=O)NC2CCC2)n1. The van der Waals surface area contributed by atoms with Crippen LogP contribution in [-0.4, -0.2) is 28.1 Å². The van der Waals surface area contributed by atoms with Gasteiger partial charge in [0.15, 0.2) is 0 Å². The minimum atomic E-state index is -1.04. The lowest BCUT2D eigenvalue weighted by atomic mass is 9.93. The molecule has 0 bridgehead atoms. The zero-order valence-corrected chi connectivity index (χ0v) is 10.3. The van der Waals surface area contributed by atoms with Crippen LogP contribution in [0.1, 0.15) is 25.0 Å². The molecule has 0 atom stereocenters. The van der Waals surface area contributed by atoms with Crippen molar-refractivity contribution in [2.45, 2.75) is 25.3 Å². The second-order valence-electron chi connectivity index (χ2n) is 4.35. The van der Waals surface area contributed by atoms with Crippen molar-refractivity contribution in [1.82, 2.24) is 10.3 Å². The second kappa shape index (κ2) is 5.99. The molecule has 1 aromatic heterocycles. The minimum Gasteiger partial charge on any atom is -0.478 e. The molecule has 19 heavy (non-hydrogen) atoms. The Morgan fingerprint density at radius 2 is 2.16 bits per heavy atom. The molecule has 1 saturated carbocycles. The van der Waals surface area contributed by atoms with Gasteiger partial charge in [-0.2, -0.15) is 0 Å². The van der Waals surface area contributed by atoms with Gasteiger partial charge in [-0.3, -0.25) is 5.32 Å². The van der Waals surface area contributed by atoms with Crippen molar-refractivity contribution in [2.24, 2.45) is 0 Å². The molecule has 0 saturated heterocycles. The van der Waals surface area contributed by atoms with Crippen LogP contribution in [0.5, 0.6) is 0 Å². The third kappa shape index (κ3) is 4.09. The molecule has 0 unspecified atom stereocenters. The topological polar surface area (TPSA) is 91.3 Å². The first-order valence-corrected chi connectivity index (χ1v) is 6.09. The van der Waals surface area contributed by atoms with E-state index in [0.29, 0.717) is 11.5 Å². The molecule has 1 aromatic rings. The third-order valence-corrected chi connectivity index (χ3v) is 2.85. The lowest BCUT2D eigenvalue weighted by Crippen LogP contribution is -2.41. The van der Waals surface area contributed by atoms with E-state index in [2.05, 4.69) is 15.6 Å². The van der Waals surface area contributed by atoms with Gasteiger partial charge in [-0.05, 0) is 37.5 Å². The van der Waals surface area contributed by atoms with Gasteiger partial charge in [-0.15, -0.1) is 0 Å². The number of carbonyl (C=O) groups excluding carboxylic acids is 1. The van der Waals surface area contributed by atoms with E-state index in [9.17, 15) is 9.59 Å². The number of hydrogen-bond acceptors (Lipinski definition) is 3. The number of amides is 2. The fourth-order valence-corrected chi connectivity index (χ4v) is 1.66. The molecule has 6 heteroatoms. The Morgan fingerprint density at radius 1 is 1.37 bits per heavy atom. The molecule has 6 nitrogen and oxygen atoms in total. The molecule has 3 N–H and O–H groups in total. The molecule has 100 valence electrons. The molecule has 2 amide bonds. The van der Waals surface area contributed by atoms with Gasteiger partial charge in [0.1, 0.15) is 5.82 Å². The van der Waals surface area contributed by atoms with Crippen molar-refractivity contribution in [1.29, 1.82) is 0 Å². The van der Waals surface area contributed by atoms with Crippen LogP contribution in [-0.2, 0) is 4.79 Å². The first kappa shape index (κ1) is 13.1. The summed E-state index contributed by atoms with van der Waals surface area (Å²) >= 11 is 0. The number of hydrogen-bond donors (Lipinski definition) is 3. The van der Waals surface area contributed by atoms with Gasteiger partial charge in [-0.1, -0.05) is 6.07 Å². The number of anilines is 1. The fourth-order valence-electron chi connectivity index (χ4n) is 1.66. The van der Waals surface area contributed by atoms with Crippen LogP contribution in [0.15, 0.2) is 24.3 Å². The Kier molecular flexibility index (Phi) is 4.12. The number of nitrogens with zero attached hydrogens (tertiary/aromatic N) is 1. The van der Waals surface area contributed by atoms with Crippen LogP contribution in [0.4, 0.5) is 10.6 Å². The number of rotatable bonds is 4. The standard InChI is InChI=1S/C13H15N3O3/c17-12(18)8-7-10-5-2-6-11(14-10)16-13(19)15-9-3-1-4-9/h2,5-9H,1,3-4H2,(H,17,18)(H2,14,15,16,19)/b8-7+. The average molecular weight is 261 g/mol. The summed E-state index contributed by atoms with van der Waals surface area (Å²) in [5.74, 6) is -0.646. The number of carboxylic acids is 1. The highest BCUT2D eigenvalue weighted by Crippen LogP contribution is 2.18. The zero-order valence-electron chi connectivity index (χ0n) is 10.3. The number of nitrogens with one attached hydrogen (secondary N) is 2. The highest BCUT2D eigenvalue weighted by molar-refractivity contribution is 5.89. The molecule has 1 heterocycles. The van der Waals surface area contributed by atoms with Crippen LogP contribution in [0.2, 0.25) is 0 Å². The maximum Gasteiger partial charge on any atom is 0.328 e. The summed E-state index contributed by atoms with van der Waals surface area (Å²) < 4.78 is 0. The largest absolute Gasteiger partial charge is 0.478 e. The van der Waals surface area contributed by atoms with E-state index in [0.717, 1.165) is 25.3 Å². The summed E-state index contributed by atoms with van der Waals surface area (Å²) in [6.45, 7) is 0. The average Bonchev–Trinajstić information content (AvgIpc) is 2.32. The van der Waals surface area contributed by atoms with Crippen LogP contribution in [0.3, 0.4) is 0 Å². The first-order valence-electron chi connectivity index (χ1n) is 6.09. The van der Waals surface area contributed by atoms with Gasteiger partial charge in [0, 0.05) is 12.1 Å². The zero-order chi connectivity index (χ0) is 13.7. The van der Waals surface area contributed by atoms with Gasteiger partial charge in [-0.25, -0.2) is 14.6 Å². The Balaban J connectivity index is 1.94. The maximum atomic E-state index is 11.6. The van der Waals surface area contributed by atoms with E-state index < -0.39 is 5.97 Å². The van der Waals surface area contributed by atoms with Gasteiger partial charge < -0.3 is 10.4 Å². The molecule has 1 aliphatic carbocycles. The summed E-state index contributed by atoms with van der Waals surface area (Å²) in [5, 5.41) is 14.0. The Bertz CT molecular complexity index is 510. The number of carboxylic acid groups (broad SMARTS) is 1. The molecule has 0 aromatic carbocycles. The van der Waals surface area contributed by atoms with Crippen LogP contribution < -0.4 is 10.6 Å². The van der Waals surface area contributed by atoms with Crippen molar-refractivity contribution in [3.63, 3.8) is 0 Å². The smallest absolute Gasteiger partial charge is 0.328 e. The molecule has 1 fully saturated rings. The maximum absolute atomic E-state index is 11.6. The van der Waals surface area contributed by atoms with Crippen molar-refractivity contribution in [2.75, 3.05) is 5.32 Å². The molecule has 2 rings (SSSR count). The van der Waals surface area contributed by atoms with Gasteiger partial charge >= 0.3 is 12.0 Å². The first-order chi connectivity index (χ1) is 9.13. The number of urea groups is 1. The molecule has 1 aliphatic rings. The van der Waals surface area contributed by atoms with Crippen LogP contribution >= 0.6 is 0 Å². The highest BCUT2D eigenvalue weighted by Gasteiger charge is 2.19. The van der Waals surface area contributed by atoms with Crippen molar-refractivity contribution in [3.8, 4) is 0 Å². The van der Waals surface area contributed by atoms with E-state index in [-0.39, 0.29) is 12.1 Å². The summed E-state index contributed by atoms with van der Waals surface area (Å²) in [6.07, 6.45) is 5.56. The predicted molar refractivity (Wildman–Crippen MR) is 70.7 cm³/mol.